The summed E-state index contributed by atoms with van der Waals surface area (Å²) in [5.74, 6) is -5.58. The van der Waals surface area contributed by atoms with Gasteiger partial charge in [-0.15, -0.1) is 0 Å². The van der Waals surface area contributed by atoms with Crippen molar-refractivity contribution in [1.82, 2.24) is 9.88 Å². The normalized spacial score (nSPS) is 20.9. The first-order valence-electron chi connectivity index (χ1n) is 9.06. The van der Waals surface area contributed by atoms with Crippen LogP contribution in [0.4, 0.5) is 20.3 Å². The number of hydrogen-bond acceptors (Lipinski definition) is 4. The van der Waals surface area contributed by atoms with Crippen LogP contribution in [0.1, 0.15) is 30.5 Å². The summed E-state index contributed by atoms with van der Waals surface area (Å²) in [5, 5.41) is 2.83. The predicted octanol–water partition coefficient (Wildman–Crippen LogP) is 3.81. The molecule has 0 spiro atoms. The van der Waals surface area contributed by atoms with E-state index >= 15 is 0 Å². The number of nitrogens with two attached hydrogens (primary N) is 1. The summed E-state index contributed by atoms with van der Waals surface area (Å²) >= 11 is 6.00. The van der Waals surface area contributed by atoms with Crippen molar-refractivity contribution in [3.8, 4) is 0 Å². The van der Waals surface area contributed by atoms with Crippen LogP contribution in [-0.2, 0) is 9.59 Å². The van der Waals surface area contributed by atoms with Crippen molar-refractivity contribution in [1.29, 1.82) is 0 Å². The van der Waals surface area contributed by atoms with E-state index in [-0.39, 0.29) is 6.54 Å². The molecule has 3 N–H and O–H groups in total. The summed E-state index contributed by atoms with van der Waals surface area (Å²) < 4.78 is 28.8. The number of nitrogens with zero attached hydrogens (tertiary/aromatic N) is 2. The number of carbonyl (C=O) groups is 2. The van der Waals surface area contributed by atoms with Crippen LogP contribution in [0.15, 0.2) is 36.5 Å². The highest BCUT2D eigenvalue weighted by molar-refractivity contribution is 6.39. The lowest BCUT2D eigenvalue weighted by Crippen LogP contribution is -2.52. The van der Waals surface area contributed by atoms with Crippen molar-refractivity contribution in [2.45, 2.75) is 32.2 Å². The average Bonchev–Trinajstić information content (AvgIpc) is 2.66. The predicted molar refractivity (Wildman–Crippen MR) is 107 cm³/mol. The topological polar surface area (TPSA) is 88.3 Å². The molecule has 6 nitrogen and oxygen atoms in total. The number of anilines is 2. The molecule has 0 unspecified atom stereocenters. The van der Waals surface area contributed by atoms with Gasteiger partial charge in [0.15, 0.2) is 0 Å². The van der Waals surface area contributed by atoms with Crippen LogP contribution >= 0.6 is 11.6 Å². The summed E-state index contributed by atoms with van der Waals surface area (Å²) in [6, 6.07) is 7.00. The van der Waals surface area contributed by atoms with E-state index in [2.05, 4.69) is 10.3 Å². The summed E-state index contributed by atoms with van der Waals surface area (Å²) in [7, 11) is 0. The standard InChI is InChI=1S/C20H21ClF2N4O2/c1-11-6-15(9-25-17(11)24)26-18(28)19(29)27-10-12(2)20(22,23)8-16(27)13-4-3-5-14(21)7-13/h3-7,9,12,16H,8,10H2,1-2H3,(H2,24,25)(H,26,28)/t12-,16+/m0/s1. The van der Waals surface area contributed by atoms with E-state index in [0.29, 0.717) is 27.7 Å². The van der Waals surface area contributed by atoms with Crippen LogP contribution in [-0.4, -0.2) is 34.2 Å². The summed E-state index contributed by atoms with van der Waals surface area (Å²) in [6.45, 7) is 2.82. The van der Waals surface area contributed by atoms with Gasteiger partial charge in [0.1, 0.15) is 5.82 Å². The minimum absolute atomic E-state index is 0.255. The highest BCUT2D eigenvalue weighted by atomic mass is 35.5. The fourth-order valence-electron chi connectivity index (χ4n) is 3.33. The van der Waals surface area contributed by atoms with E-state index in [1.807, 2.05) is 0 Å². The van der Waals surface area contributed by atoms with Crippen LogP contribution < -0.4 is 11.1 Å². The quantitative estimate of drug-likeness (QED) is 0.720. The lowest BCUT2D eigenvalue weighted by atomic mass is 9.86. The first-order chi connectivity index (χ1) is 13.6. The Morgan fingerprint density at radius 3 is 2.72 bits per heavy atom. The van der Waals surface area contributed by atoms with Gasteiger partial charge in [0.05, 0.1) is 17.9 Å². The number of nitrogen functional groups attached to an aromatic ring is 1. The van der Waals surface area contributed by atoms with Crippen LogP contribution in [0.5, 0.6) is 0 Å². The van der Waals surface area contributed by atoms with Crippen LogP contribution in [0.3, 0.4) is 0 Å². The average molecular weight is 423 g/mol. The van der Waals surface area contributed by atoms with Crippen LogP contribution in [0.25, 0.3) is 0 Å². The van der Waals surface area contributed by atoms with Crippen molar-refractivity contribution in [2.24, 2.45) is 5.92 Å². The van der Waals surface area contributed by atoms with Crippen molar-refractivity contribution in [3.63, 3.8) is 0 Å². The second-order valence-electron chi connectivity index (χ2n) is 7.27. The number of pyridine rings is 1. The number of aryl methyl sites for hydroxylation is 1. The molecule has 1 aliphatic heterocycles. The van der Waals surface area contributed by atoms with Crippen LogP contribution in [0.2, 0.25) is 5.02 Å². The molecule has 1 fully saturated rings. The van der Waals surface area contributed by atoms with Gasteiger partial charge in [-0.1, -0.05) is 30.7 Å². The molecule has 2 aromatic rings. The number of amides is 2. The number of alkyl halides is 2. The number of likely N-dealkylation sites (tertiary alicyclic amines) is 1. The molecule has 2 amide bonds. The molecule has 1 aromatic heterocycles. The second kappa shape index (κ2) is 7.94. The van der Waals surface area contributed by atoms with Gasteiger partial charge in [-0.05, 0) is 36.2 Å². The Morgan fingerprint density at radius 2 is 2.07 bits per heavy atom. The molecule has 2 heterocycles. The zero-order valence-electron chi connectivity index (χ0n) is 16.0. The molecule has 29 heavy (non-hydrogen) atoms. The molecule has 3 rings (SSSR count). The third-order valence-corrected chi connectivity index (χ3v) is 5.33. The molecule has 0 saturated carbocycles. The molecule has 1 aliphatic rings. The Morgan fingerprint density at radius 1 is 1.34 bits per heavy atom. The Labute approximate surface area is 172 Å². The van der Waals surface area contributed by atoms with Gasteiger partial charge in [0.2, 0.25) is 0 Å². The minimum Gasteiger partial charge on any atom is -0.383 e. The van der Waals surface area contributed by atoms with E-state index < -0.39 is 36.1 Å². The van der Waals surface area contributed by atoms with Crippen molar-refractivity contribution >= 4 is 34.9 Å². The molecular weight excluding hydrogens is 402 g/mol. The fourth-order valence-corrected chi connectivity index (χ4v) is 3.53. The number of benzene rings is 1. The lowest BCUT2D eigenvalue weighted by Gasteiger charge is -2.42. The molecule has 2 atom stereocenters. The van der Waals surface area contributed by atoms with Gasteiger partial charge in [-0.25, -0.2) is 13.8 Å². The Hall–Kier alpha value is -2.74. The molecule has 154 valence electrons. The number of carbonyl (C=O) groups excluding carboxylic acids is 2. The molecular formula is C20H21ClF2N4O2. The van der Waals surface area contributed by atoms with Gasteiger partial charge < -0.3 is 16.0 Å². The smallest absolute Gasteiger partial charge is 0.313 e. The third-order valence-electron chi connectivity index (χ3n) is 5.10. The Kier molecular flexibility index (Phi) is 5.75. The highest BCUT2D eigenvalue weighted by Gasteiger charge is 2.48. The largest absolute Gasteiger partial charge is 0.383 e. The van der Waals surface area contributed by atoms with Crippen LogP contribution in [0, 0.1) is 12.8 Å². The highest BCUT2D eigenvalue weighted by Crippen LogP contribution is 2.43. The van der Waals surface area contributed by atoms with Gasteiger partial charge >= 0.3 is 11.8 Å². The summed E-state index contributed by atoms with van der Waals surface area (Å²) in [6.07, 6.45) is 0.741. The van der Waals surface area contributed by atoms with Gasteiger partial charge in [-0.2, -0.15) is 0 Å². The number of rotatable bonds is 2. The zero-order valence-corrected chi connectivity index (χ0v) is 16.7. The van der Waals surface area contributed by atoms with E-state index in [4.69, 9.17) is 17.3 Å². The Bertz CT molecular complexity index is 954. The fraction of sp³-hybridized carbons (Fsp3) is 0.350. The molecule has 0 radical (unpaired) electrons. The maximum atomic E-state index is 14.4. The SMILES string of the molecule is Cc1cc(NC(=O)C(=O)N2C[C@H](C)C(F)(F)C[C@@H]2c2cccc(Cl)c2)cnc1N. The van der Waals surface area contributed by atoms with Gasteiger partial charge in [0, 0.05) is 23.9 Å². The van der Waals surface area contributed by atoms with Gasteiger partial charge in [-0.3, -0.25) is 9.59 Å². The molecule has 9 heteroatoms. The molecule has 1 aromatic carbocycles. The molecule has 1 saturated heterocycles. The zero-order chi connectivity index (χ0) is 21.3. The lowest BCUT2D eigenvalue weighted by molar-refractivity contribution is -0.159. The maximum Gasteiger partial charge on any atom is 0.313 e. The maximum absolute atomic E-state index is 14.4. The van der Waals surface area contributed by atoms with E-state index in [1.54, 1.807) is 31.2 Å². The van der Waals surface area contributed by atoms with Crippen molar-refractivity contribution < 1.29 is 18.4 Å². The van der Waals surface area contributed by atoms with Gasteiger partial charge in [0.25, 0.3) is 5.92 Å². The van der Waals surface area contributed by atoms with E-state index in [1.165, 1.54) is 24.1 Å². The number of halogens is 3. The first kappa shape index (κ1) is 21.0. The molecule has 0 aliphatic carbocycles. The monoisotopic (exact) mass is 422 g/mol. The number of hydrogen-bond donors (Lipinski definition) is 2. The van der Waals surface area contributed by atoms with E-state index in [0.717, 1.165) is 0 Å². The minimum atomic E-state index is -2.97. The second-order valence-corrected chi connectivity index (χ2v) is 7.71. The summed E-state index contributed by atoms with van der Waals surface area (Å²) in [5.41, 5.74) is 7.04. The Balaban J connectivity index is 1.86. The van der Waals surface area contributed by atoms with E-state index in [9.17, 15) is 18.4 Å². The van der Waals surface area contributed by atoms with Crippen molar-refractivity contribution in [2.75, 3.05) is 17.6 Å². The third kappa shape index (κ3) is 4.48. The number of aromatic nitrogens is 1. The first-order valence-corrected chi connectivity index (χ1v) is 9.43. The molecule has 0 bridgehead atoms. The van der Waals surface area contributed by atoms with Crippen molar-refractivity contribution in [3.05, 3.63) is 52.7 Å². The summed E-state index contributed by atoms with van der Waals surface area (Å²) in [4.78, 5) is 30.5. The number of piperidine rings is 1. The number of nitrogens with one attached hydrogen (secondary N) is 1.